The number of phenols is 1. The topological polar surface area (TPSA) is 182 Å². The van der Waals surface area contributed by atoms with Crippen LogP contribution in [0.25, 0.3) is 5.76 Å². The van der Waals surface area contributed by atoms with Gasteiger partial charge in [0, 0.05) is 17.1 Å². The number of fused-ring (bicyclic) bond motifs is 3. The molecule has 1 aromatic rings. The van der Waals surface area contributed by atoms with Crippen LogP contribution in [0.1, 0.15) is 70.6 Å². The number of primary amides is 1. The number of nitrogens with two attached hydrogens (primary N) is 1. The first-order valence-electron chi connectivity index (χ1n) is 13.4. The Morgan fingerprint density at radius 2 is 1.62 bits per heavy atom. The first-order valence-corrected chi connectivity index (χ1v) is 13.4. The molecule has 0 bridgehead atoms. The number of aliphatic hydroxyl groups excluding tert-OH is 3. The highest BCUT2D eigenvalue weighted by Gasteiger charge is 2.68. The number of aliphatic hydroxyl groups is 4. The number of likely N-dealkylation sites (N-methyl/N-ethyl adjacent to an activating group) is 1. The highest BCUT2D eigenvalue weighted by atomic mass is 16.4. The van der Waals surface area contributed by atoms with E-state index in [1.165, 1.54) is 19.0 Å². The highest BCUT2D eigenvalue weighted by molar-refractivity contribution is 6.24. The van der Waals surface area contributed by atoms with E-state index in [9.17, 15) is 39.9 Å². The summed E-state index contributed by atoms with van der Waals surface area (Å²) in [5.74, 6) is -8.83. The number of Topliss-reactive ketones (excluding diaryl/α,β-unsaturated/α-hetero) is 2. The SMILES string of the molecule is CN(C)[C@H]1C(=O)C(C(N)=O)=C(O)[C@]2(O)C(=O)C3=C(O)c4c(ccc(C(C)(C)C)c4O)[C@@H](CC(C)(C)C)[C@@H]3[C@@H](O)[C@H]12. The molecule has 0 saturated heterocycles. The highest BCUT2D eigenvalue weighted by Crippen LogP contribution is 2.58. The monoisotopic (exact) mass is 556 g/mol. The van der Waals surface area contributed by atoms with Gasteiger partial charge in [-0.1, -0.05) is 53.7 Å². The van der Waals surface area contributed by atoms with Crippen molar-refractivity contribution in [1.82, 2.24) is 4.90 Å². The Labute approximate surface area is 233 Å². The van der Waals surface area contributed by atoms with Crippen molar-refractivity contribution in [2.24, 2.45) is 23.0 Å². The third-order valence-electron chi connectivity index (χ3n) is 8.57. The van der Waals surface area contributed by atoms with Crippen LogP contribution < -0.4 is 5.73 Å². The largest absolute Gasteiger partial charge is 0.508 e. The summed E-state index contributed by atoms with van der Waals surface area (Å²) in [5.41, 5.74) is 1.31. The molecule has 10 heteroatoms. The van der Waals surface area contributed by atoms with E-state index in [1.54, 1.807) is 12.1 Å². The van der Waals surface area contributed by atoms with Crippen LogP contribution in [0.2, 0.25) is 0 Å². The molecule has 1 aromatic carbocycles. The minimum absolute atomic E-state index is 0.0187. The molecule has 10 nitrogen and oxygen atoms in total. The van der Waals surface area contributed by atoms with E-state index >= 15 is 0 Å². The van der Waals surface area contributed by atoms with Gasteiger partial charge < -0.3 is 31.3 Å². The van der Waals surface area contributed by atoms with Gasteiger partial charge in [0.25, 0.3) is 5.91 Å². The number of aromatic hydroxyl groups is 1. The number of carbonyl (C=O) groups is 3. The summed E-state index contributed by atoms with van der Waals surface area (Å²) in [7, 11) is 2.97. The van der Waals surface area contributed by atoms with Crippen LogP contribution in [0, 0.1) is 17.3 Å². The van der Waals surface area contributed by atoms with Crippen LogP contribution in [0.15, 0.2) is 29.0 Å². The molecule has 0 aliphatic heterocycles. The van der Waals surface area contributed by atoms with E-state index in [0.717, 1.165) is 0 Å². The van der Waals surface area contributed by atoms with Crippen LogP contribution in [0.4, 0.5) is 0 Å². The van der Waals surface area contributed by atoms with E-state index in [2.05, 4.69) is 0 Å². The predicted molar refractivity (Wildman–Crippen MR) is 147 cm³/mol. The Bertz CT molecular complexity index is 1380. The molecule has 4 rings (SSSR count). The minimum Gasteiger partial charge on any atom is -0.508 e. The fourth-order valence-corrected chi connectivity index (χ4v) is 6.94. The second-order valence-electron chi connectivity index (χ2n) is 13.8. The molecule has 3 aliphatic rings. The van der Waals surface area contributed by atoms with Crippen molar-refractivity contribution in [2.45, 2.75) is 77.0 Å². The van der Waals surface area contributed by atoms with Crippen molar-refractivity contribution in [3.63, 3.8) is 0 Å². The minimum atomic E-state index is -2.94. The maximum Gasteiger partial charge on any atom is 0.255 e. The fraction of sp³-hybridized carbons (Fsp3) is 0.567. The molecule has 0 unspecified atom stereocenters. The maximum atomic E-state index is 14.3. The molecule has 0 radical (unpaired) electrons. The summed E-state index contributed by atoms with van der Waals surface area (Å²) in [6, 6.07) is 2.14. The average molecular weight is 557 g/mol. The zero-order valence-corrected chi connectivity index (χ0v) is 24.2. The van der Waals surface area contributed by atoms with Crippen LogP contribution >= 0.6 is 0 Å². The third-order valence-corrected chi connectivity index (χ3v) is 8.57. The van der Waals surface area contributed by atoms with Gasteiger partial charge in [-0.25, -0.2) is 0 Å². The smallest absolute Gasteiger partial charge is 0.255 e. The first-order chi connectivity index (χ1) is 18.2. The van der Waals surface area contributed by atoms with E-state index < -0.39 is 75.5 Å². The zero-order valence-electron chi connectivity index (χ0n) is 24.2. The zero-order chi connectivity index (χ0) is 30.4. The van der Waals surface area contributed by atoms with Crippen LogP contribution in [-0.4, -0.2) is 79.7 Å². The first kappa shape index (κ1) is 29.8. The number of ketones is 2. The van der Waals surface area contributed by atoms with Gasteiger partial charge in [0.1, 0.15) is 22.8 Å². The molecule has 7 N–H and O–H groups in total. The predicted octanol–water partition coefficient (Wildman–Crippen LogP) is 2.21. The van der Waals surface area contributed by atoms with E-state index in [4.69, 9.17) is 5.73 Å². The molecule has 1 fully saturated rings. The Morgan fingerprint density at radius 3 is 2.10 bits per heavy atom. The van der Waals surface area contributed by atoms with Gasteiger partial charge >= 0.3 is 0 Å². The number of benzene rings is 1. The van der Waals surface area contributed by atoms with Gasteiger partial charge in [0.15, 0.2) is 11.4 Å². The van der Waals surface area contributed by atoms with Crippen LogP contribution in [0.5, 0.6) is 5.75 Å². The molecule has 1 saturated carbocycles. The molecular formula is C30H40N2O8. The number of amides is 1. The van der Waals surface area contributed by atoms with Gasteiger partial charge in [-0.3, -0.25) is 19.3 Å². The second kappa shape index (κ2) is 9.15. The van der Waals surface area contributed by atoms with Gasteiger partial charge in [0.05, 0.1) is 23.6 Å². The number of rotatable bonds is 3. The second-order valence-corrected chi connectivity index (χ2v) is 13.8. The summed E-state index contributed by atoms with van der Waals surface area (Å²) in [6.07, 6.45) is -1.22. The third kappa shape index (κ3) is 4.07. The van der Waals surface area contributed by atoms with Crippen LogP contribution in [-0.2, 0) is 19.8 Å². The average Bonchev–Trinajstić information content (AvgIpc) is 2.78. The van der Waals surface area contributed by atoms with Crippen molar-refractivity contribution in [1.29, 1.82) is 0 Å². The van der Waals surface area contributed by atoms with Gasteiger partial charge in [0.2, 0.25) is 5.78 Å². The lowest BCUT2D eigenvalue weighted by Gasteiger charge is -2.54. The van der Waals surface area contributed by atoms with Gasteiger partial charge in [-0.2, -0.15) is 0 Å². The molecule has 40 heavy (non-hydrogen) atoms. The molecule has 0 heterocycles. The summed E-state index contributed by atoms with van der Waals surface area (Å²) in [6.45, 7) is 11.6. The normalized spacial score (nSPS) is 30.8. The molecule has 0 spiro atoms. The quantitative estimate of drug-likeness (QED) is 0.304. The van der Waals surface area contributed by atoms with Crippen molar-refractivity contribution in [3.05, 3.63) is 45.7 Å². The summed E-state index contributed by atoms with van der Waals surface area (Å²) >= 11 is 0. The Kier molecular flexibility index (Phi) is 6.81. The van der Waals surface area contributed by atoms with E-state index in [0.29, 0.717) is 17.5 Å². The lowest BCUT2D eigenvalue weighted by molar-refractivity contribution is -0.170. The molecule has 0 aromatic heterocycles. The van der Waals surface area contributed by atoms with Crippen molar-refractivity contribution in [2.75, 3.05) is 14.1 Å². The lowest BCUT2D eigenvalue weighted by Crippen LogP contribution is -2.70. The Balaban J connectivity index is 2.12. The van der Waals surface area contributed by atoms with Gasteiger partial charge in [-0.05, 0) is 42.8 Å². The number of nitrogens with zero attached hydrogens (tertiary/aromatic N) is 1. The number of hydrogen-bond donors (Lipinski definition) is 6. The van der Waals surface area contributed by atoms with E-state index in [1.807, 2.05) is 41.5 Å². The number of phenolic OH excluding ortho intramolecular Hbond substituents is 1. The molecule has 6 atom stereocenters. The maximum absolute atomic E-state index is 14.3. The Morgan fingerprint density at radius 1 is 1.05 bits per heavy atom. The van der Waals surface area contributed by atoms with Gasteiger partial charge in [-0.15, -0.1) is 0 Å². The molecule has 218 valence electrons. The molecule has 1 amide bonds. The lowest BCUT2D eigenvalue weighted by atomic mass is 9.53. The Hall–Kier alpha value is -3.21. The summed E-state index contributed by atoms with van der Waals surface area (Å²) in [5, 5.41) is 58.0. The summed E-state index contributed by atoms with van der Waals surface area (Å²) < 4.78 is 0. The number of hydrogen-bond acceptors (Lipinski definition) is 9. The fourth-order valence-electron chi connectivity index (χ4n) is 6.94. The van der Waals surface area contributed by atoms with E-state index in [-0.39, 0.29) is 22.3 Å². The molecule has 3 aliphatic carbocycles. The summed E-state index contributed by atoms with van der Waals surface area (Å²) in [4.78, 5) is 41.3. The number of carbonyl (C=O) groups excluding carboxylic acids is 3. The van der Waals surface area contributed by atoms with Crippen molar-refractivity contribution in [3.8, 4) is 5.75 Å². The standard InChI is InChI=1S/C30H40N2O8/c1-28(2,3)11-13-12-9-10-14(29(4,5)6)21(33)16(12)22(34)17-15(13)23(35)19-20(32(7)8)24(36)18(27(31)39)26(38)30(19,40)25(17)37/h9-10,13,15,19-20,23,33-35,38,40H,11H2,1-8H3,(H2,31,39)/t13-,15+,19+,20-,23-,30-/m1/s1. The molecular weight excluding hydrogens is 516 g/mol. The van der Waals surface area contributed by atoms with Crippen LogP contribution in [0.3, 0.4) is 0 Å². The van der Waals surface area contributed by atoms with Crippen molar-refractivity contribution < 1.29 is 39.9 Å². The van der Waals surface area contributed by atoms with Crippen molar-refractivity contribution >= 4 is 23.2 Å².